The second kappa shape index (κ2) is 8.25. The quantitative estimate of drug-likeness (QED) is 0.606. The summed E-state index contributed by atoms with van der Waals surface area (Å²) in [5.41, 5.74) is 0. The average molecular weight is 213 g/mol. The summed E-state index contributed by atoms with van der Waals surface area (Å²) in [4.78, 5) is 11.2. The molecule has 0 amide bonds. The van der Waals surface area contributed by atoms with Crippen LogP contribution >= 0.6 is 0 Å². The van der Waals surface area contributed by atoms with Gasteiger partial charge >= 0.3 is 5.97 Å². The minimum atomic E-state index is -0.710. The molecule has 0 N–H and O–H groups in total. The Bertz CT molecular complexity index is 216. The van der Waals surface area contributed by atoms with E-state index in [2.05, 4.69) is 4.74 Å². The van der Waals surface area contributed by atoms with Gasteiger partial charge in [-0.05, 0) is 13.3 Å². The first-order chi connectivity index (χ1) is 7.19. The molecule has 0 heterocycles. The van der Waals surface area contributed by atoms with E-state index in [0.29, 0.717) is 13.0 Å². The number of nitriles is 1. The van der Waals surface area contributed by atoms with E-state index in [-0.39, 0.29) is 6.10 Å². The lowest BCUT2D eigenvalue weighted by Crippen LogP contribution is -2.23. The number of methoxy groups -OCH3 is 1. The highest BCUT2D eigenvalue weighted by atomic mass is 16.5. The van der Waals surface area contributed by atoms with E-state index in [9.17, 15) is 4.79 Å². The molecule has 4 nitrogen and oxygen atoms in total. The van der Waals surface area contributed by atoms with Crippen molar-refractivity contribution in [2.45, 2.75) is 39.2 Å². The lowest BCUT2D eigenvalue weighted by atomic mass is 10.0. The van der Waals surface area contributed by atoms with Gasteiger partial charge in [-0.3, -0.25) is 4.79 Å². The second-order valence-corrected chi connectivity index (χ2v) is 3.31. The Morgan fingerprint density at radius 1 is 1.47 bits per heavy atom. The molecule has 0 aliphatic heterocycles. The average Bonchev–Trinajstić information content (AvgIpc) is 2.25. The summed E-state index contributed by atoms with van der Waals surface area (Å²) in [5.74, 6) is -1.18. The van der Waals surface area contributed by atoms with Crippen molar-refractivity contribution in [1.82, 2.24) is 0 Å². The molecule has 0 fully saturated rings. The zero-order valence-electron chi connectivity index (χ0n) is 9.66. The third-order valence-electron chi connectivity index (χ3n) is 2.15. The minimum absolute atomic E-state index is 0.0243. The van der Waals surface area contributed by atoms with Crippen molar-refractivity contribution < 1.29 is 14.3 Å². The summed E-state index contributed by atoms with van der Waals surface area (Å²) >= 11 is 0. The maximum absolute atomic E-state index is 11.2. The Kier molecular flexibility index (Phi) is 7.65. The van der Waals surface area contributed by atoms with E-state index in [4.69, 9.17) is 10.00 Å². The Morgan fingerprint density at radius 2 is 2.13 bits per heavy atom. The summed E-state index contributed by atoms with van der Waals surface area (Å²) in [6, 6.07) is 1.95. The van der Waals surface area contributed by atoms with Gasteiger partial charge in [-0.2, -0.15) is 5.26 Å². The highest BCUT2D eigenvalue weighted by Crippen LogP contribution is 2.15. The minimum Gasteiger partial charge on any atom is -0.468 e. The van der Waals surface area contributed by atoms with Crippen molar-refractivity contribution >= 4 is 5.97 Å². The molecule has 15 heavy (non-hydrogen) atoms. The molecule has 0 aliphatic rings. The third kappa shape index (κ3) is 5.38. The Morgan fingerprint density at radius 3 is 2.53 bits per heavy atom. The highest BCUT2D eigenvalue weighted by molar-refractivity contribution is 5.75. The van der Waals surface area contributed by atoms with E-state index in [1.54, 1.807) is 0 Å². The number of carbonyl (C=O) groups is 1. The van der Waals surface area contributed by atoms with Crippen molar-refractivity contribution in [2.24, 2.45) is 5.92 Å². The van der Waals surface area contributed by atoms with Crippen LogP contribution in [0.2, 0.25) is 0 Å². The molecular weight excluding hydrogens is 194 g/mol. The van der Waals surface area contributed by atoms with Crippen LogP contribution in [0.5, 0.6) is 0 Å². The lowest BCUT2D eigenvalue weighted by Gasteiger charge is -2.17. The first-order valence-electron chi connectivity index (χ1n) is 5.28. The number of carbonyl (C=O) groups excluding carboxylic acids is 1. The topological polar surface area (TPSA) is 59.3 Å². The molecule has 2 unspecified atom stereocenters. The van der Waals surface area contributed by atoms with E-state index >= 15 is 0 Å². The SMILES string of the molecule is CCCC(CC(C#N)C(=O)OC)OCC. The number of nitrogens with zero attached hydrogens (tertiary/aromatic N) is 1. The number of ether oxygens (including phenoxy) is 2. The Balaban J connectivity index is 4.22. The Labute approximate surface area is 91.2 Å². The van der Waals surface area contributed by atoms with Gasteiger partial charge in [0.1, 0.15) is 5.92 Å². The van der Waals surface area contributed by atoms with Gasteiger partial charge in [0, 0.05) is 13.0 Å². The molecule has 0 aromatic heterocycles. The molecule has 86 valence electrons. The van der Waals surface area contributed by atoms with E-state index in [1.807, 2.05) is 19.9 Å². The largest absolute Gasteiger partial charge is 0.468 e. The summed E-state index contributed by atoms with van der Waals surface area (Å²) in [6.07, 6.45) is 2.24. The highest BCUT2D eigenvalue weighted by Gasteiger charge is 2.23. The number of rotatable bonds is 7. The van der Waals surface area contributed by atoms with E-state index in [0.717, 1.165) is 12.8 Å². The fraction of sp³-hybridized carbons (Fsp3) is 0.818. The molecule has 0 rings (SSSR count). The van der Waals surface area contributed by atoms with Crippen LogP contribution in [-0.4, -0.2) is 25.8 Å². The molecular formula is C11H19NO3. The second-order valence-electron chi connectivity index (χ2n) is 3.31. The van der Waals surface area contributed by atoms with Crippen LogP contribution in [0.25, 0.3) is 0 Å². The molecule has 0 bridgehead atoms. The van der Waals surface area contributed by atoms with Crippen molar-refractivity contribution in [3.8, 4) is 6.07 Å². The molecule has 2 atom stereocenters. The van der Waals surface area contributed by atoms with Gasteiger partial charge in [-0.15, -0.1) is 0 Å². The summed E-state index contributed by atoms with van der Waals surface area (Å²) in [6.45, 7) is 4.55. The summed E-state index contributed by atoms with van der Waals surface area (Å²) in [5, 5.41) is 8.81. The molecule has 0 radical (unpaired) electrons. The van der Waals surface area contributed by atoms with Gasteiger partial charge < -0.3 is 9.47 Å². The van der Waals surface area contributed by atoms with Crippen LogP contribution in [0.15, 0.2) is 0 Å². The van der Waals surface area contributed by atoms with Gasteiger partial charge in [-0.25, -0.2) is 0 Å². The lowest BCUT2D eigenvalue weighted by molar-refractivity contribution is -0.144. The zero-order chi connectivity index (χ0) is 11.7. The summed E-state index contributed by atoms with van der Waals surface area (Å²) in [7, 11) is 1.29. The number of hydrogen-bond donors (Lipinski definition) is 0. The maximum atomic E-state index is 11.2. The van der Waals surface area contributed by atoms with Gasteiger partial charge in [-0.1, -0.05) is 13.3 Å². The monoisotopic (exact) mass is 213 g/mol. The van der Waals surface area contributed by atoms with Gasteiger partial charge in [0.2, 0.25) is 0 Å². The number of esters is 1. The van der Waals surface area contributed by atoms with Crippen LogP contribution in [0, 0.1) is 17.2 Å². The van der Waals surface area contributed by atoms with Crippen molar-refractivity contribution in [3.05, 3.63) is 0 Å². The first kappa shape index (κ1) is 13.9. The molecule has 0 saturated carbocycles. The predicted octanol–water partition coefficient (Wildman–Crippen LogP) is 1.89. The predicted molar refractivity (Wildman–Crippen MR) is 56.1 cm³/mol. The van der Waals surface area contributed by atoms with Crippen LogP contribution in [0.4, 0.5) is 0 Å². The van der Waals surface area contributed by atoms with Crippen LogP contribution in [-0.2, 0) is 14.3 Å². The molecule has 0 spiro atoms. The fourth-order valence-corrected chi connectivity index (χ4v) is 1.43. The molecule has 0 aromatic carbocycles. The molecule has 4 heteroatoms. The van der Waals surface area contributed by atoms with E-state index < -0.39 is 11.9 Å². The van der Waals surface area contributed by atoms with Gasteiger partial charge in [0.25, 0.3) is 0 Å². The number of hydrogen-bond acceptors (Lipinski definition) is 4. The fourth-order valence-electron chi connectivity index (χ4n) is 1.43. The molecule has 0 aliphatic carbocycles. The first-order valence-corrected chi connectivity index (χ1v) is 5.28. The summed E-state index contributed by atoms with van der Waals surface area (Å²) < 4.78 is 9.99. The van der Waals surface area contributed by atoms with Crippen molar-refractivity contribution in [3.63, 3.8) is 0 Å². The molecule has 0 saturated heterocycles. The smallest absolute Gasteiger partial charge is 0.323 e. The van der Waals surface area contributed by atoms with Crippen molar-refractivity contribution in [2.75, 3.05) is 13.7 Å². The van der Waals surface area contributed by atoms with Crippen LogP contribution < -0.4 is 0 Å². The van der Waals surface area contributed by atoms with Crippen molar-refractivity contribution in [1.29, 1.82) is 5.26 Å². The normalized spacial score (nSPS) is 14.0. The Hall–Kier alpha value is -1.08. The molecule has 0 aromatic rings. The standard InChI is InChI=1S/C11H19NO3/c1-4-6-10(15-5-2)7-9(8-12)11(13)14-3/h9-10H,4-7H2,1-3H3. The third-order valence-corrected chi connectivity index (χ3v) is 2.15. The van der Waals surface area contributed by atoms with Crippen LogP contribution in [0.1, 0.15) is 33.1 Å². The maximum Gasteiger partial charge on any atom is 0.323 e. The van der Waals surface area contributed by atoms with Crippen LogP contribution in [0.3, 0.4) is 0 Å². The van der Waals surface area contributed by atoms with Gasteiger partial charge in [0.05, 0.1) is 19.3 Å². The van der Waals surface area contributed by atoms with Gasteiger partial charge in [0.15, 0.2) is 0 Å². The van der Waals surface area contributed by atoms with E-state index in [1.165, 1.54) is 7.11 Å². The zero-order valence-corrected chi connectivity index (χ0v) is 9.66.